The van der Waals surface area contributed by atoms with Gasteiger partial charge in [-0.1, -0.05) is 38.7 Å². The summed E-state index contributed by atoms with van der Waals surface area (Å²) in [6.45, 7) is 4.04. The molecule has 19 heavy (non-hydrogen) atoms. The lowest BCUT2D eigenvalue weighted by molar-refractivity contribution is -0.121. The minimum absolute atomic E-state index is 0.0141. The quantitative estimate of drug-likeness (QED) is 0.443. The number of carbonyl (C=O) groups is 1. The molecule has 0 aromatic carbocycles. The van der Waals surface area contributed by atoms with Crippen LogP contribution < -0.4 is 5.43 Å². The number of pyridine rings is 1. The van der Waals surface area contributed by atoms with Gasteiger partial charge in [-0.3, -0.25) is 9.78 Å². The number of rotatable bonds is 8. The molecule has 0 spiro atoms. The van der Waals surface area contributed by atoms with Crippen molar-refractivity contribution in [2.24, 2.45) is 5.10 Å². The maximum atomic E-state index is 11.6. The highest BCUT2D eigenvalue weighted by Crippen LogP contribution is 2.04. The second-order valence-electron chi connectivity index (χ2n) is 4.64. The Bertz CT molecular complexity index is 401. The highest BCUT2D eigenvalue weighted by atomic mass is 16.2. The summed E-state index contributed by atoms with van der Waals surface area (Å²) in [7, 11) is 0. The van der Waals surface area contributed by atoms with Gasteiger partial charge in [-0.15, -0.1) is 0 Å². The molecule has 1 rings (SSSR count). The fourth-order valence-electron chi connectivity index (χ4n) is 1.73. The average molecular weight is 261 g/mol. The predicted molar refractivity (Wildman–Crippen MR) is 78.0 cm³/mol. The third-order valence-corrected chi connectivity index (χ3v) is 2.94. The Kier molecular flexibility index (Phi) is 7.47. The van der Waals surface area contributed by atoms with Crippen molar-refractivity contribution in [2.75, 3.05) is 0 Å². The van der Waals surface area contributed by atoms with Crippen LogP contribution in [0.5, 0.6) is 0 Å². The lowest BCUT2D eigenvalue weighted by Gasteiger charge is -2.02. The van der Waals surface area contributed by atoms with E-state index >= 15 is 0 Å². The van der Waals surface area contributed by atoms with Crippen LogP contribution in [0.15, 0.2) is 29.6 Å². The van der Waals surface area contributed by atoms with Gasteiger partial charge in [0.05, 0.1) is 5.71 Å². The summed E-state index contributed by atoms with van der Waals surface area (Å²) in [5.74, 6) is -0.0141. The molecular formula is C15H23N3O. The lowest BCUT2D eigenvalue weighted by atomic mass is 10.1. The van der Waals surface area contributed by atoms with Gasteiger partial charge in [0.1, 0.15) is 0 Å². The number of hydrogen-bond donors (Lipinski definition) is 1. The van der Waals surface area contributed by atoms with Gasteiger partial charge in [0.25, 0.3) is 0 Å². The van der Waals surface area contributed by atoms with E-state index in [2.05, 4.69) is 22.4 Å². The predicted octanol–water partition coefficient (Wildman–Crippen LogP) is 3.28. The topological polar surface area (TPSA) is 54.4 Å². The van der Waals surface area contributed by atoms with Crippen LogP contribution in [-0.4, -0.2) is 16.6 Å². The molecule has 0 aliphatic carbocycles. The monoisotopic (exact) mass is 261 g/mol. The number of unbranched alkanes of at least 4 members (excludes halogenated alkanes) is 4. The molecule has 4 nitrogen and oxygen atoms in total. The second-order valence-corrected chi connectivity index (χ2v) is 4.64. The fraction of sp³-hybridized carbons (Fsp3) is 0.533. The van der Waals surface area contributed by atoms with Gasteiger partial charge in [-0.05, 0) is 19.4 Å². The molecule has 1 aromatic rings. The molecule has 0 saturated heterocycles. The summed E-state index contributed by atoms with van der Waals surface area (Å²) in [6.07, 6.45) is 9.73. The van der Waals surface area contributed by atoms with E-state index in [1.807, 2.05) is 19.1 Å². The van der Waals surface area contributed by atoms with E-state index in [-0.39, 0.29) is 5.91 Å². The van der Waals surface area contributed by atoms with E-state index in [1.54, 1.807) is 12.4 Å². The third-order valence-electron chi connectivity index (χ3n) is 2.94. The number of nitrogens with zero attached hydrogens (tertiary/aromatic N) is 2. The van der Waals surface area contributed by atoms with Crippen LogP contribution in [0.25, 0.3) is 0 Å². The molecule has 1 aromatic heterocycles. The molecule has 0 aliphatic heterocycles. The largest absolute Gasteiger partial charge is 0.273 e. The number of amides is 1. The maximum Gasteiger partial charge on any atom is 0.240 e. The van der Waals surface area contributed by atoms with E-state index in [0.29, 0.717) is 6.42 Å². The first-order chi connectivity index (χ1) is 9.24. The van der Waals surface area contributed by atoms with Crippen LogP contribution in [0.2, 0.25) is 0 Å². The first-order valence-corrected chi connectivity index (χ1v) is 6.97. The van der Waals surface area contributed by atoms with Crippen LogP contribution in [0.1, 0.15) is 57.9 Å². The summed E-state index contributed by atoms with van der Waals surface area (Å²) in [5.41, 5.74) is 4.29. The first kappa shape index (κ1) is 15.3. The molecule has 0 unspecified atom stereocenters. The zero-order valence-corrected chi connectivity index (χ0v) is 11.9. The molecule has 0 bridgehead atoms. The van der Waals surface area contributed by atoms with Gasteiger partial charge in [-0.25, -0.2) is 5.43 Å². The number of nitrogens with one attached hydrogen (secondary N) is 1. The Morgan fingerprint density at radius 2 is 2.11 bits per heavy atom. The number of hydrazone groups is 1. The Morgan fingerprint density at radius 3 is 2.79 bits per heavy atom. The van der Waals surface area contributed by atoms with Crippen LogP contribution in [0.4, 0.5) is 0 Å². The van der Waals surface area contributed by atoms with Crippen LogP contribution in [0.3, 0.4) is 0 Å². The molecule has 104 valence electrons. The first-order valence-electron chi connectivity index (χ1n) is 6.97. The zero-order chi connectivity index (χ0) is 13.9. The zero-order valence-electron chi connectivity index (χ0n) is 11.9. The molecule has 4 heteroatoms. The second kappa shape index (κ2) is 9.25. The molecule has 0 aliphatic rings. The minimum atomic E-state index is -0.0141. The Labute approximate surface area is 115 Å². The van der Waals surface area contributed by atoms with Gasteiger partial charge >= 0.3 is 0 Å². The Morgan fingerprint density at radius 1 is 1.32 bits per heavy atom. The van der Waals surface area contributed by atoms with Crippen molar-refractivity contribution in [1.29, 1.82) is 0 Å². The van der Waals surface area contributed by atoms with E-state index in [0.717, 1.165) is 24.1 Å². The highest BCUT2D eigenvalue weighted by Gasteiger charge is 2.01. The van der Waals surface area contributed by atoms with Crippen LogP contribution >= 0.6 is 0 Å². The van der Waals surface area contributed by atoms with Gasteiger partial charge < -0.3 is 0 Å². The maximum absolute atomic E-state index is 11.6. The third kappa shape index (κ3) is 6.70. The van der Waals surface area contributed by atoms with Crippen molar-refractivity contribution < 1.29 is 4.79 Å². The summed E-state index contributed by atoms with van der Waals surface area (Å²) in [5, 5.41) is 4.09. The molecule has 0 atom stereocenters. The van der Waals surface area contributed by atoms with E-state index < -0.39 is 0 Å². The molecule has 0 saturated carbocycles. The number of aromatic nitrogens is 1. The van der Waals surface area contributed by atoms with Crippen LogP contribution in [-0.2, 0) is 4.79 Å². The molecular weight excluding hydrogens is 238 g/mol. The lowest BCUT2D eigenvalue weighted by Crippen LogP contribution is -2.18. The molecule has 0 radical (unpaired) electrons. The van der Waals surface area contributed by atoms with Gasteiger partial charge in [-0.2, -0.15) is 5.10 Å². The van der Waals surface area contributed by atoms with Gasteiger partial charge in [0.15, 0.2) is 0 Å². The molecule has 1 N–H and O–H groups in total. The van der Waals surface area contributed by atoms with E-state index in [1.165, 1.54) is 19.3 Å². The van der Waals surface area contributed by atoms with Crippen molar-refractivity contribution in [3.05, 3.63) is 30.1 Å². The minimum Gasteiger partial charge on any atom is -0.273 e. The van der Waals surface area contributed by atoms with E-state index in [4.69, 9.17) is 0 Å². The smallest absolute Gasteiger partial charge is 0.240 e. The number of hydrogen-bond acceptors (Lipinski definition) is 3. The summed E-state index contributed by atoms with van der Waals surface area (Å²) in [4.78, 5) is 15.6. The van der Waals surface area contributed by atoms with Crippen molar-refractivity contribution in [3.8, 4) is 0 Å². The van der Waals surface area contributed by atoms with Crippen LogP contribution in [0, 0.1) is 0 Å². The molecule has 1 heterocycles. The van der Waals surface area contributed by atoms with Gasteiger partial charge in [0, 0.05) is 24.4 Å². The summed E-state index contributed by atoms with van der Waals surface area (Å²) >= 11 is 0. The Balaban J connectivity index is 2.25. The van der Waals surface area contributed by atoms with Crippen molar-refractivity contribution in [2.45, 2.75) is 52.4 Å². The van der Waals surface area contributed by atoms with Gasteiger partial charge in [0.2, 0.25) is 5.91 Å². The van der Waals surface area contributed by atoms with Crippen molar-refractivity contribution in [3.63, 3.8) is 0 Å². The normalized spacial score (nSPS) is 11.4. The average Bonchev–Trinajstić information content (AvgIpc) is 2.45. The molecule has 1 amide bonds. The fourth-order valence-corrected chi connectivity index (χ4v) is 1.73. The summed E-state index contributed by atoms with van der Waals surface area (Å²) < 4.78 is 0. The van der Waals surface area contributed by atoms with Crippen molar-refractivity contribution in [1.82, 2.24) is 10.4 Å². The number of carbonyl (C=O) groups excluding carboxylic acids is 1. The standard InChI is InChI=1S/C15H23N3O/c1-3-4-5-6-7-10-15(19)18-17-13(2)14-9-8-11-16-12-14/h8-9,11-12H,3-7,10H2,1-2H3,(H,18,19). The van der Waals surface area contributed by atoms with Crippen molar-refractivity contribution >= 4 is 11.6 Å². The van der Waals surface area contributed by atoms with E-state index in [9.17, 15) is 4.79 Å². The summed E-state index contributed by atoms with van der Waals surface area (Å²) in [6, 6.07) is 3.77. The highest BCUT2D eigenvalue weighted by molar-refractivity contribution is 5.98. The SMILES string of the molecule is CCCCCCCC(=O)NN=C(C)c1cccnc1. The Hall–Kier alpha value is -1.71. The molecule has 0 fully saturated rings.